The molecule has 4 heterocycles. The van der Waals surface area contributed by atoms with Crippen LogP contribution < -0.4 is 0 Å². The Morgan fingerprint density at radius 3 is 2.61 bits per heavy atom. The number of amides is 1. The monoisotopic (exact) mass is 386 g/mol. The first-order valence-corrected chi connectivity index (χ1v) is 10.1. The van der Waals surface area contributed by atoms with Crippen LogP contribution in [0.3, 0.4) is 0 Å². The van der Waals surface area contributed by atoms with Crippen molar-refractivity contribution in [2.24, 2.45) is 0 Å². The third-order valence-corrected chi connectivity index (χ3v) is 5.82. The van der Waals surface area contributed by atoms with Gasteiger partial charge in [-0.15, -0.1) is 10.2 Å². The molecule has 2 aromatic rings. The number of carbonyl (C=O) groups is 1. The summed E-state index contributed by atoms with van der Waals surface area (Å²) >= 11 is 0. The maximum Gasteiger partial charge on any atom is 0.248 e. The molecule has 152 valence electrons. The number of morpholine rings is 1. The van der Waals surface area contributed by atoms with Crippen molar-refractivity contribution in [1.82, 2.24) is 29.6 Å². The van der Waals surface area contributed by atoms with Gasteiger partial charge in [-0.3, -0.25) is 4.79 Å². The van der Waals surface area contributed by atoms with Crippen molar-refractivity contribution in [3.8, 4) is 0 Å². The van der Waals surface area contributed by atoms with Crippen molar-refractivity contribution in [3.05, 3.63) is 23.7 Å². The van der Waals surface area contributed by atoms with Crippen LogP contribution in [0.2, 0.25) is 0 Å². The van der Waals surface area contributed by atoms with Gasteiger partial charge in [-0.2, -0.15) is 9.61 Å². The average molecular weight is 387 g/mol. The predicted molar refractivity (Wildman–Crippen MR) is 105 cm³/mol. The Balaban J connectivity index is 1.40. The van der Waals surface area contributed by atoms with E-state index < -0.39 is 0 Å². The maximum atomic E-state index is 11.6. The zero-order chi connectivity index (χ0) is 19.9. The van der Waals surface area contributed by atoms with Crippen molar-refractivity contribution in [3.63, 3.8) is 0 Å². The largest absolute Gasteiger partial charge is 0.365 e. The van der Waals surface area contributed by atoms with Gasteiger partial charge in [0.25, 0.3) is 0 Å². The quantitative estimate of drug-likeness (QED) is 0.795. The summed E-state index contributed by atoms with van der Waals surface area (Å²) in [5.74, 6) is 1.40. The number of carbonyl (C=O) groups excluding carboxylic acids is 1. The van der Waals surface area contributed by atoms with Gasteiger partial charge in [0.05, 0.1) is 11.8 Å². The van der Waals surface area contributed by atoms with Crippen molar-refractivity contribution in [2.75, 3.05) is 39.8 Å². The van der Waals surface area contributed by atoms with Crippen LogP contribution in [0.5, 0.6) is 0 Å². The second kappa shape index (κ2) is 7.40. The van der Waals surface area contributed by atoms with E-state index >= 15 is 0 Å². The number of fused-ring (bicyclic) bond motifs is 1. The van der Waals surface area contributed by atoms with E-state index in [9.17, 15) is 4.79 Å². The highest BCUT2D eigenvalue weighted by atomic mass is 16.5. The summed E-state index contributed by atoms with van der Waals surface area (Å²) < 4.78 is 7.63. The van der Waals surface area contributed by atoms with Crippen molar-refractivity contribution < 1.29 is 9.53 Å². The van der Waals surface area contributed by atoms with Crippen LogP contribution in [-0.2, 0) is 14.9 Å². The Morgan fingerprint density at radius 1 is 1.18 bits per heavy atom. The lowest BCUT2D eigenvalue weighted by Crippen LogP contribution is -2.49. The van der Waals surface area contributed by atoms with Crippen molar-refractivity contribution >= 4 is 11.6 Å². The molecule has 8 nitrogen and oxygen atoms in total. The fourth-order valence-electron chi connectivity index (χ4n) is 3.99. The Bertz CT molecular complexity index is 850. The lowest BCUT2D eigenvalue weighted by Gasteiger charge is -2.36. The molecule has 1 unspecified atom stereocenters. The summed E-state index contributed by atoms with van der Waals surface area (Å²) in [6.45, 7) is 10.2. The topological polar surface area (TPSA) is 75.9 Å². The molecule has 0 aliphatic carbocycles. The lowest BCUT2D eigenvalue weighted by molar-refractivity contribution is -0.147. The predicted octanol–water partition coefficient (Wildman–Crippen LogP) is 1.46. The van der Waals surface area contributed by atoms with Gasteiger partial charge >= 0.3 is 0 Å². The van der Waals surface area contributed by atoms with Gasteiger partial charge in [-0.1, -0.05) is 20.8 Å². The molecule has 1 amide bonds. The summed E-state index contributed by atoms with van der Waals surface area (Å²) in [5, 5.41) is 13.6. The first-order valence-electron chi connectivity index (χ1n) is 10.1. The molecular formula is C20H30N6O2. The van der Waals surface area contributed by atoms with E-state index in [2.05, 4.69) is 35.9 Å². The normalized spacial score (nSPS) is 22.9. The smallest absolute Gasteiger partial charge is 0.248 e. The molecular weight excluding hydrogens is 356 g/mol. The van der Waals surface area contributed by atoms with Crippen LogP contribution in [0.15, 0.2) is 12.1 Å². The highest BCUT2D eigenvalue weighted by molar-refractivity contribution is 5.77. The molecule has 2 aliphatic heterocycles. The Kier molecular flexibility index (Phi) is 5.09. The number of hydrogen-bond donors (Lipinski definition) is 0. The summed E-state index contributed by atoms with van der Waals surface area (Å²) in [6, 6.07) is 4.06. The van der Waals surface area contributed by atoms with Crippen LogP contribution in [0.1, 0.15) is 51.0 Å². The molecule has 0 N–H and O–H groups in total. The summed E-state index contributed by atoms with van der Waals surface area (Å²) in [4.78, 5) is 15.8. The van der Waals surface area contributed by atoms with E-state index in [1.165, 1.54) is 0 Å². The molecule has 0 aromatic carbocycles. The fourth-order valence-corrected chi connectivity index (χ4v) is 3.99. The molecule has 0 radical (unpaired) electrons. The van der Waals surface area contributed by atoms with Crippen LogP contribution >= 0.6 is 0 Å². The summed E-state index contributed by atoms with van der Waals surface area (Å²) in [6.07, 6.45) is 2.16. The highest BCUT2D eigenvalue weighted by Gasteiger charge is 2.29. The Hall–Kier alpha value is -2.06. The van der Waals surface area contributed by atoms with E-state index in [1.807, 2.05) is 23.7 Å². The minimum atomic E-state index is -0.00632. The molecule has 28 heavy (non-hydrogen) atoms. The van der Waals surface area contributed by atoms with Gasteiger partial charge < -0.3 is 14.5 Å². The molecule has 0 bridgehead atoms. The second-order valence-corrected chi connectivity index (χ2v) is 9.08. The van der Waals surface area contributed by atoms with Gasteiger partial charge in [0.1, 0.15) is 6.61 Å². The summed E-state index contributed by atoms with van der Waals surface area (Å²) in [5.41, 5.74) is 1.86. The minimum absolute atomic E-state index is 0.00632. The molecule has 2 saturated heterocycles. The van der Waals surface area contributed by atoms with Gasteiger partial charge in [-0.25, -0.2) is 0 Å². The van der Waals surface area contributed by atoms with Crippen LogP contribution in [-0.4, -0.2) is 81.5 Å². The summed E-state index contributed by atoms with van der Waals surface area (Å²) in [7, 11) is 1.85. The number of piperidine rings is 1. The van der Waals surface area contributed by atoms with Crippen LogP contribution in [0, 0.1) is 0 Å². The number of nitrogens with zero attached hydrogens (tertiary/aromatic N) is 6. The number of hydrogen-bond acceptors (Lipinski definition) is 6. The number of aromatic nitrogens is 4. The zero-order valence-corrected chi connectivity index (χ0v) is 17.3. The van der Waals surface area contributed by atoms with Crippen LogP contribution in [0.25, 0.3) is 5.65 Å². The number of ether oxygens (including phenoxy) is 1. The van der Waals surface area contributed by atoms with Gasteiger partial charge in [0.15, 0.2) is 11.5 Å². The van der Waals surface area contributed by atoms with Crippen molar-refractivity contribution in [1.29, 1.82) is 0 Å². The first-order chi connectivity index (χ1) is 13.3. The van der Waals surface area contributed by atoms with Gasteiger partial charge in [0.2, 0.25) is 5.91 Å². The Morgan fingerprint density at radius 2 is 1.93 bits per heavy atom. The molecule has 2 fully saturated rings. The fraction of sp³-hybridized carbons (Fsp3) is 0.700. The minimum Gasteiger partial charge on any atom is -0.365 e. The third-order valence-electron chi connectivity index (χ3n) is 5.82. The molecule has 1 atom stereocenters. The molecule has 2 aromatic heterocycles. The highest BCUT2D eigenvalue weighted by Crippen LogP contribution is 2.28. The average Bonchev–Trinajstić information content (AvgIpc) is 3.08. The first kappa shape index (κ1) is 19.3. The standard InChI is InChI=1S/C20H30N6O2/c1-20(2,3)16-5-6-17-21-22-19(26(17)23-16)14-7-9-25(10-8-14)12-15-11-24(4)18(27)13-28-15/h5-6,14-15H,7-13H2,1-4H3. The number of rotatable bonds is 3. The SMILES string of the molecule is CN1CC(CN2CCC(c3nnc4ccc(C(C)(C)C)nn34)CC2)OCC1=O. The van der Waals surface area contributed by atoms with Gasteiger partial charge in [-0.05, 0) is 38.1 Å². The lowest BCUT2D eigenvalue weighted by atomic mass is 9.92. The number of likely N-dealkylation sites (N-methyl/N-ethyl adjacent to an activating group) is 1. The molecule has 0 spiro atoms. The van der Waals surface area contributed by atoms with E-state index in [4.69, 9.17) is 9.84 Å². The van der Waals surface area contributed by atoms with Gasteiger partial charge in [0, 0.05) is 31.5 Å². The van der Waals surface area contributed by atoms with E-state index in [1.54, 1.807) is 4.90 Å². The van der Waals surface area contributed by atoms with E-state index in [0.29, 0.717) is 12.5 Å². The molecule has 4 rings (SSSR count). The zero-order valence-electron chi connectivity index (χ0n) is 17.3. The maximum absolute atomic E-state index is 11.6. The number of likely N-dealkylation sites (tertiary alicyclic amines) is 1. The van der Waals surface area contributed by atoms with Crippen molar-refractivity contribution in [2.45, 2.75) is 51.0 Å². The second-order valence-electron chi connectivity index (χ2n) is 9.08. The Labute approximate surface area is 165 Å². The van der Waals surface area contributed by atoms with E-state index in [-0.39, 0.29) is 24.0 Å². The molecule has 2 aliphatic rings. The third kappa shape index (κ3) is 3.89. The van der Waals surface area contributed by atoms with Crippen LogP contribution in [0.4, 0.5) is 0 Å². The molecule has 8 heteroatoms. The molecule has 0 saturated carbocycles. The van der Waals surface area contributed by atoms with E-state index in [0.717, 1.165) is 49.6 Å².